The molecule has 3 aromatic carbocycles. The topological polar surface area (TPSA) is 0 Å². The minimum atomic E-state index is 1.12. The van der Waals surface area contributed by atoms with Crippen molar-refractivity contribution in [2.75, 3.05) is 0 Å². The zero-order chi connectivity index (χ0) is 15.9. The van der Waals surface area contributed by atoms with E-state index in [2.05, 4.69) is 138 Å². The number of hydrogen-bond donors (Lipinski definition) is 0. The standard InChI is InChI=1S/C12H9Br.C6H3BrI2/c13-12-8-6-11(7-9-12)10-4-2-1-3-5-10;7-6-4(8)2-1-3-5(6)9/h1-9H;1-3H. The molecular formula is C18H12Br2I2. The maximum atomic E-state index is 3.46. The van der Waals surface area contributed by atoms with Crippen LogP contribution in [0, 0.1) is 7.14 Å². The van der Waals surface area contributed by atoms with Gasteiger partial charge in [0.15, 0.2) is 0 Å². The predicted molar refractivity (Wildman–Crippen MR) is 119 cm³/mol. The molecule has 3 aromatic rings. The highest BCUT2D eigenvalue weighted by molar-refractivity contribution is 14.1. The summed E-state index contributed by atoms with van der Waals surface area (Å²) in [5.41, 5.74) is 2.51. The Kier molecular flexibility index (Phi) is 7.86. The van der Waals surface area contributed by atoms with Gasteiger partial charge < -0.3 is 0 Å². The van der Waals surface area contributed by atoms with Crippen LogP contribution < -0.4 is 0 Å². The summed E-state index contributed by atoms with van der Waals surface area (Å²) in [7, 11) is 0. The van der Waals surface area contributed by atoms with E-state index in [4.69, 9.17) is 0 Å². The molecule has 0 fully saturated rings. The summed E-state index contributed by atoms with van der Waals surface area (Å²) in [5, 5.41) is 0. The average Bonchev–Trinajstić information content (AvgIpc) is 2.55. The van der Waals surface area contributed by atoms with E-state index < -0.39 is 0 Å². The third kappa shape index (κ3) is 5.62. The normalized spacial score (nSPS) is 9.82. The molecule has 0 unspecified atom stereocenters. The lowest BCUT2D eigenvalue weighted by Crippen LogP contribution is -1.76. The molecule has 0 amide bonds. The second-order valence-electron chi connectivity index (χ2n) is 4.41. The number of halogens is 4. The number of rotatable bonds is 1. The van der Waals surface area contributed by atoms with Crippen molar-refractivity contribution in [2.24, 2.45) is 0 Å². The molecule has 0 nitrogen and oxygen atoms in total. The van der Waals surface area contributed by atoms with Gasteiger partial charge in [-0.3, -0.25) is 0 Å². The average molecular weight is 642 g/mol. The Bertz CT molecular complexity index is 706. The molecule has 0 aliphatic carbocycles. The Morgan fingerprint density at radius 1 is 0.545 bits per heavy atom. The SMILES string of the molecule is Brc1c(I)cccc1I.Brc1ccc(-c2ccccc2)cc1. The molecule has 3 rings (SSSR count). The molecule has 112 valence electrons. The fraction of sp³-hybridized carbons (Fsp3) is 0. The molecule has 22 heavy (non-hydrogen) atoms. The summed E-state index contributed by atoms with van der Waals surface area (Å²) < 4.78 is 4.84. The van der Waals surface area contributed by atoms with Gasteiger partial charge in [0, 0.05) is 16.1 Å². The van der Waals surface area contributed by atoms with Crippen LogP contribution in [0.5, 0.6) is 0 Å². The zero-order valence-corrected chi connectivity index (χ0v) is 18.9. The van der Waals surface area contributed by atoms with Crippen molar-refractivity contribution in [3.8, 4) is 11.1 Å². The maximum absolute atomic E-state index is 3.46. The van der Waals surface area contributed by atoms with Crippen LogP contribution in [0.3, 0.4) is 0 Å². The van der Waals surface area contributed by atoms with Crippen molar-refractivity contribution >= 4 is 77.0 Å². The summed E-state index contributed by atoms with van der Waals surface area (Å²) in [4.78, 5) is 0. The third-order valence-corrected chi connectivity index (χ3v) is 7.52. The molecule has 0 N–H and O–H groups in total. The minimum Gasteiger partial charge on any atom is -0.0622 e. The van der Waals surface area contributed by atoms with Crippen molar-refractivity contribution in [3.05, 3.63) is 88.9 Å². The van der Waals surface area contributed by atoms with Crippen molar-refractivity contribution < 1.29 is 0 Å². The molecular weight excluding hydrogens is 630 g/mol. The van der Waals surface area contributed by atoms with Crippen LogP contribution in [0.4, 0.5) is 0 Å². The van der Waals surface area contributed by atoms with E-state index in [9.17, 15) is 0 Å². The lowest BCUT2D eigenvalue weighted by Gasteiger charge is -2.00. The molecule has 0 spiro atoms. The van der Waals surface area contributed by atoms with Gasteiger partial charge in [-0.05, 0) is 96.5 Å². The Hall–Kier alpha value is 0.0800. The summed E-state index contributed by atoms with van der Waals surface area (Å²) in [6, 6.07) is 24.9. The van der Waals surface area contributed by atoms with Crippen LogP contribution in [0.1, 0.15) is 0 Å². The Morgan fingerprint density at radius 3 is 1.55 bits per heavy atom. The second-order valence-corrected chi connectivity index (χ2v) is 8.44. The molecule has 0 aliphatic rings. The highest BCUT2D eigenvalue weighted by atomic mass is 127. The van der Waals surface area contributed by atoms with Crippen molar-refractivity contribution in [1.29, 1.82) is 0 Å². The van der Waals surface area contributed by atoms with E-state index >= 15 is 0 Å². The van der Waals surface area contributed by atoms with Crippen molar-refractivity contribution in [1.82, 2.24) is 0 Å². The number of hydrogen-bond acceptors (Lipinski definition) is 0. The van der Waals surface area contributed by atoms with E-state index in [0.717, 1.165) is 4.47 Å². The van der Waals surface area contributed by atoms with Gasteiger partial charge >= 0.3 is 0 Å². The first-order valence-electron chi connectivity index (χ1n) is 6.48. The first-order valence-corrected chi connectivity index (χ1v) is 10.2. The predicted octanol–water partition coefficient (Wildman–Crippen LogP) is 7.77. The lowest BCUT2D eigenvalue weighted by molar-refractivity contribution is 1.53. The lowest BCUT2D eigenvalue weighted by atomic mass is 10.1. The Morgan fingerprint density at radius 2 is 1.05 bits per heavy atom. The highest BCUT2D eigenvalue weighted by Crippen LogP contribution is 2.24. The molecule has 0 saturated carbocycles. The van der Waals surface area contributed by atoms with Crippen molar-refractivity contribution in [3.63, 3.8) is 0 Å². The molecule has 0 radical (unpaired) electrons. The van der Waals surface area contributed by atoms with Gasteiger partial charge in [0.1, 0.15) is 0 Å². The Balaban J connectivity index is 0.000000172. The second kappa shape index (κ2) is 9.39. The summed E-state index contributed by atoms with van der Waals surface area (Å²) >= 11 is 11.5. The first kappa shape index (κ1) is 18.4. The van der Waals surface area contributed by atoms with Gasteiger partial charge in [-0.25, -0.2) is 0 Å². The molecule has 0 heterocycles. The van der Waals surface area contributed by atoms with Crippen molar-refractivity contribution in [2.45, 2.75) is 0 Å². The van der Waals surface area contributed by atoms with E-state index in [1.807, 2.05) is 12.1 Å². The first-order chi connectivity index (χ1) is 10.6. The Labute approximate surface area is 175 Å². The van der Waals surface area contributed by atoms with Gasteiger partial charge in [0.05, 0.1) is 0 Å². The minimum absolute atomic E-state index is 1.12. The molecule has 0 aromatic heterocycles. The van der Waals surface area contributed by atoms with E-state index in [0.29, 0.717) is 0 Å². The van der Waals surface area contributed by atoms with Crippen LogP contribution in [0.15, 0.2) is 81.7 Å². The van der Waals surface area contributed by atoms with E-state index in [1.165, 1.54) is 22.7 Å². The largest absolute Gasteiger partial charge is 0.0622 e. The molecule has 0 bridgehead atoms. The molecule has 0 saturated heterocycles. The van der Waals surface area contributed by atoms with Crippen LogP contribution >= 0.6 is 77.0 Å². The van der Waals surface area contributed by atoms with Crippen LogP contribution in [0.2, 0.25) is 0 Å². The quantitative estimate of drug-likeness (QED) is 0.188. The van der Waals surface area contributed by atoms with E-state index in [-0.39, 0.29) is 0 Å². The monoisotopic (exact) mass is 640 g/mol. The number of benzene rings is 3. The van der Waals surface area contributed by atoms with Gasteiger partial charge in [-0.15, -0.1) is 0 Å². The van der Waals surface area contributed by atoms with Gasteiger partial charge in [-0.2, -0.15) is 0 Å². The maximum Gasteiger partial charge on any atom is 0.0442 e. The molecule has 0 atom stereocenters. The summed E-state index contributed by atoms with van der Waals surface area (Å²) in [6.45, 7) is 0. The zero-order valence-electron chi connectivity index (χ0n) is 11.4. The molecule has 0 aliphatic heterocycles. The fourth-order valence-corrected chi connectivity index (χ4v) is 3.79. The van der Waals surface area contributed by atoms with E-state index in [1.54, 1.807) is 0 Å². The molecule has 4 heteroatoms. The van der Waals surface area contributed by atoms with Gasteiger partial charge in [-0.1, -0.05) is 64.5 Å². The third-order valence-electron chi connectivity index (χ3n) is 2.86. The summed E-state index contributed by atoms with van der Waals surface area (Å²) in [5.74, 6) is 0. The van der Waals surface area contributed by atoms with Gasteiger partial charge in [0.25, 0.3) is 0 Å². The summed E-state index contributed by atoms with van der Waals surface area (Å²) in [6.07, 6.45) is 0. The van der Waals surface area contributed by atoms with Gasteiger partial charge in [0.2, 0.25) is 0 Å². The van der Waals surface area contributed by atoms with Crippen LogP contribution in [-0.4, -0.2) is 0 Å². The van der Waals surface area contributed by atoms with Crippen LogP contribution in [-0.2, 0) is 0 Å². The smallest absolute Gasteiger partial charge is 0.0442 e. The van der Waals surface area contributed by atoms with Crippen LogP contribution in [0.25, 0.3) is 11.1 Å². The fourth-order valence-electron chi connectivity index (χ4n) is 1.75. The highest BCUT2D eigenvalue weighted by Gasteiger charge is 1.97.